The van der Waals surface area contributed by atoms with Gasteiger partial charge in [0.1, 0.15) is 5.15 Å². The minimum atomic E-state index is -0.257. The number of amides is 1. The van der Waals surface area contributed by atoms with E-state index in [-0.39, 0.29) is 16.1 Å². The van der Waals surface area contributed by atoms with Gasteiger partial charge in [0, 0.05) is 11.1 Å². The summed E-state index contributed by atoms with van der Waals surface area (Å²) in [6.45, 7) is 0.479. The smallest absolute Gasteiger partial charge is 0.253 e. The van der Waals surface area contributed by atoms with Gasteiger partial charge in [0.2, 0.25) is 0 Å². The Bertz CT molecular complexity index is 528. The Morgan fingerprint density at radius 1 is 1.47 bits per heavy atom. The first-order valence-corrected chi connectivity index (χ1v) is 6.42. The fourth-order valence-corrected chi connectivity index (χ4v) is 2.25. The molecule has 2 aromatic rings. The van der Waals surface area contributed by atoms with Crippen molar-refractivity contribution in [2.24, 2.45) is 0 Å². The molecule has 0 aliphatic carbocycles. The van der Waals surface area contributed by atoms with Crippen molar-refractivity contribution in [1.82, 2.24) is 10.3 Å². The lowest BCUT2D eigenvalue weighted by molar-refractivity contribution is 0.0951. The highest BCUT2D eigenvalue weighted by Crippen LogP contribution is 2.18. The third-order valence-corrected chi connectivity index (χ3v) is 3.45. The minimum Gasteiger partial charge on any atom is -0.347 e. The SMILES string of the molecule is O=C(NCc1cccs1)c1cc(Cl)ncc1Cl. The second-order valence-electron chi connectivity index (χ2n) is 3.25. The van der Waals surface area contributed by atoms with Gasteiger partial charge in [-0.3, -0.25) is 4.79 Å². The molecule has 0 aliphatic heterocycles. The molecule has 2 aromatic heterocycles. The van der Waals surface area contributed by atoms with Gasteiger partial charge in [-0.2, -0.15) is 0 Å². The van der Waals surface area contributed by atoms with Crippen LogP contribution in [-0.4, -0.2) is 10.9 Å². The van der Waals surface area contributed by atoms with E-state index in [9.17, 15) is 4.79 Å². The van der Waals surface area contributed by atoms with Gasteiger partial charge >= 0.3 is 0 Å². The van der Waals surface area contributed by atoms with Gasteiger partial charge in [-0.05, 0) is 17.5 Å². The highest BCUT2D eigenvalue weighted by molar-refractivity contribution is 7.09. The van der Waals surface area contributed by atoms with Crippen LogP contribution in [-0.2, 0) is 6.54 Å². The van der Waals surface area contributed by atoms with Crippen molar-refractivity contribution in [3.8, 4) is 0 Å². The number of halogens is 2. The average molecular weight is 287 g/mol. The minimum absolute atomic E-state index is 0.246. The molecule has 0 aromatic carbocycles. The predicted octanol–water partition coefficient (Wildman–Crippen LogP) is 3.38. The van der Waals surface area contributed by atoms with Gasteiger partial charge in [0.05, 0.1) is 17.1 Å². The molecule has 2 rings (SSSR count). The summed E-state index contributed by atoms with van der Waals surface area (Å²) in [5.74, 6) is -0.257. The van der Waals surface area contributed by atoms with Gasteiger partial charge in [-0.1, -0.05) is 29.3 Å². The van der Waals surface area contributed by atoms with E-state index in [1.807, 2.05) is 17.5 Å². The lowest BCUT2D eigenvalue weighted by Gasteiger charge is -2.05. The quantitative estimate of drug-likeness (QED) is 0.879. The number of hydrogen-bond donors (Lipinski definition) is 1. The number of rotatable bonds is 3. The summed E-state index contributed by atoms with van der Waals surface area (Å²) in [5, 5.41) is 5.26. The van der Waals surface area contributed by atoms with Crippen molar-refractivity contribution in [2.75, 3.05) is 0 Å². The zero-order valence-corrected chi connectivity index (χ0v) is 10.9. The molecular weight excluding hydrogens is 279 g/mol. The zero-order chi connectivity index (χ0) is 12.3. The second-order valence-corrected chi connectivity index (χ2v) is 5.08. The Kier molecular flexibility index (Phi) is 3.99. The normalized spacial score (nSPS) is 10.2. The average Bonchev–Trinajstić information content (AvgIpc) is 2.82. The van der Waals surface area contributed by atoms with E-state index in [2.05, 4.69) is 10.3 Å². The number of thiophene rings is 1. The molecule has 17 heavy (non-hydrogen) atoms. The van der Waals surface area contributed by atoms with Crippen LogP contribution in [0.15, 0.2) is 29.8 Å². The zero-order valence-electron chi connectivity index (χ0n) is 8.61. The summed E-state index contributed by atoms with van der Waals surface area (Å²) in [5.41, 5.74) is 0.336. The van der Waals surface area contributed by atoms with Crippen molar-refractivity contribution in [1.29, 1.82) is 0 Å². The van der Waals surface area contributed by atoms with E-state index < -0.39 is 0 Å². The molecular formula is C11H8Cl2N2OS. The van der Waals surface area contributed by atoms with Crippen LogP contribution in [0.4, 0.5) is 0 Å². The van der Waals surface area contributed by atoms with E-state index in [1.165, 1.54) is 12.3 Å². The molecule has 0 fully saturated rings. The molecule has 0 radical (unpaired) electrons. The Balaban J connectivity index is 2.07. The van der Waals surface area contributed by atoms with Gasteiger partial charge in [0.25, 0.3) is 5.91 Å². The van der Waals surface area contributed by atoms with Crippen molar-refractivity contribution in [3.63, 3.8) is 0 Å². The number of carbonyl (C=O) groups is 1. The maximum absolute atomic E-state index is 11.8. The predicted molar refractivity (Wildman–Crippen MR) is 69.7 cm³/mol. The Morgan fingerprint density at radius 3 is 3.00 bits per heavy atom. The Hall–Kier alpha value is -1.10. The van der Waals surface area contributed by atoms with Crippen molar-refractivity contribution in [2.45, 2.75) is 6.54 Å². The lowest BCUT2D eigenvalue weighted by Crippen LogP contribution is -2.22. The molecule has 0 aliphatic rings. The van der Waals surface area contributed by atoms with Crippen LogP contribution in [0, 0.1) is 0 Å². The number of nitrogens with zero attached hydrogens (tertiary/aromatic N) is 1. The summed E-state index contributed by atoms with van der Waals surface area (Å²) >= 11 is 13.2. The van der Waals surface area contributed by atoms with Gasteiger partial charge in [-0.25, -0.2) is 4.98 Å². The highest BCUT2D eigenvalue weighted by atomic mass is 35.5. The van der Waals surface area contributed by atoms with Gasteiger partial charge < -0.3 is 5.32 Å². The number of pyridine rings is 1. The summed E-state index contributed by atoms with van der Waals surface area (Å²) in [4.78, 5) is 16.7. The lowest BCUT2D eigenvalue weighted by atomic mass is 10.2. The highest BCUT2D eigenvalue weighted by Gasteiger charge is 2.11. The summed E-state index contributed by atoms with van der Waals surface area (Å²) in [6.07, 6.45) is 1.37. The largest absolute Gasteiger partial charge is 0.347 e. The van der Waals surface area contributed by atoms with Crippen LogP contribution in [0.3, 0.4) is 0 Å². The molecule has 2 heterocycles. The molecule has 0 saturated heterocycles. The van der Waals surface area contributed by atoms with Crippen LogP contribution < -0.4 is 5.32 Å². The van der Waals surface area contributed by atoms with Crippen LogP contribution in [0.1, 0.15) is 15.2 Å². The standard InChI is InChI=1S/C11H8Cl2N2OS/c12-9-6-14-10(13)4-8(9)11(16)15-5-7-2-1-3-17-7/h1-4,6H,5H2,(H,15,16). The summed E-state index contributed by atoms with van der Waals surface area (Å²) in [6, 6.07) is 5.34. The molecule has 0 saturated carbocycles. The molecule has 1 N–H and O–H groups in total. The molecule has 1 amide bonds. The van der Waals surface area contributed by atoms with Gasteiger partial charge in [0.15, 0.2) is 0 Å². The number of carbonyl (C=O) groups excluding carboxylic acids is 1. The van der Waals surface area contributed by atoms with Crippen LogP contribution in [0.5, 0.6) is 0 Å². The molecule has 3 nitrogen and oxygen atoms in total. The van der Waals surface area contributed by atoms with Crippen molar-refractivity contribution >= 4 is 40.4 Å². The molecule has 0 spiro atoms. The van der Waals surface area contributed by atoms with E-state index >= 15 is 0 Å². The number of hydrogen-bond acceptors (Lipinski definition) is 3. The van der Waals surface area contributed by atoms with Crippen molar-refractivity contribution in [3.05, 3.63) is 50.4 Å². The number of aromatic nitrogens is 1. The maximum atomic E-state index is 11.8. The van der Waals surface area contributed by atoms with E-state index in [4.69, 9.17) is 23.2 Å². The molecule has 6 heteroatoms. The third-order valence-electron chi connectivity index (χ3n) is 2.07. The van der Waals surface area contributed by atoms with Crippen LogP contribution in [0.25, 0.3) is 0 Å². The van der Waals surface area contributed by atoms with Crippen molar-refractivity contribution < 1.29 is 4.79 Å². The summed E-state index contributed by atoms with van der Waals surface area (Å²) < 4.78 is 0. The van der Waals surface area contributed by atoms with Crippen LogP contribution in [0.2, 0.25) is 10.2 Å². The second kappa shape index (κ2) is 5.49. The molecule has 88 valence electrons. The van der Waals surface area contributed by atoms with E-state index in [1.54, 1.807) is 11.3 Å². The number of nitrogens with one attached hydrogen (secondary N) is 1. The Morgan fingerprint density at radius 2 is 2.29 bits per heavy atom. The van der Waals surface area contributed by atoms with E-state index in [0.29, 0.717) is 12.1 Å². The monoisotopic (exact) mass is 286 g/mol. The fraction of sp³-hybridized carbons (Fsp3) is 0.0909. The van der Waals surface area contributed by atoms with Gasteiger partial charge in [-0.15, -0.1) is 11.3 Å². The van der Waals surface area contributed by atoms with E-state index in [0.717, 1.165) is 4.88 Å². The topological polar surface area (TPSA) is 42.0 Å². The first-order chi connectivity index (χ1) is 8.16. The fourth-order valence-electron chi connectivity index (χ4n) is 1.26. The molecule has 0 bridgehead atoms. The maximum Gasteiger partial charge on any atom is 0.253 e. The summed E-state index contributed by atoms with van der Waals surface area (Å²) in [7, 11) is 0. The third kappa shape index (κ3) is 3.19. The first kappa shape index (κ1) is 12.4. The Labute approximate surface area is 112 Å². The van der Waals surface area contributed by atoms with Crippen LogP contribution >= 0.6 is 34.5 Å². The molecule has 0 unspecified atom stereocenters. The first-order valence-electron chi connectivity index (χ1n) is 4.78. The molecule has 0 atom stereocenters.